The summed E-state index contributed by atoms with van der Waals surface area (Å²) in [5.74, 6) is -0.836. The number of rotatable bonds is 4. The molecule has 0 aliphatic carbocycles. The zero-order valence-electron chi connectivity index (χ0n) is 13.3. The van der Waals surface area contributed by atoms with E-state index < -0.39 is 33.9 Å². The van der Waals surface area contributed by atoms with Crippen LogP contribution in [0.1, 0.15) is 11.5 Å². The van der Waals surface area contributed by atoms with E-state index in [-0.39, 0.29) is 18.1 Å². The van der Waals surface area contributed by atoms with Gasteiger partial charge in [0.2, 0.25) is 0 Å². The Morgan fingerprint density at radius 2 is 2.00 bits per heavy atom. The smallest absolute Gasteiger partial charge is 0.404 e. The molecule has 10 heteroatoms. The van der Waals surface area contributed by atoms with Crippen molar-refractivity contribution >= 4 is 16.1 Å². The number of nitrogens with one attached hydrogen (secondary N) is 1. The first-order valence-corrected chi connectivity index (χ1v) is 8.94. The zero-order valence-corrected chi connectivity index (χ0v) is 14.1. The summed E-state index contributed by atoms with van der Waals surface area (Å²) >= 11 is 0. The molecular weight excluding hydrogens is 351 g/mol. The van der Waals surface area contributed by atoms with Gasteiger partial charge in [0.15, 0.2) is 5.03 Å². The van der Waals surface area contributed by atoms with Crippen LogP contribution in [0.2, 0.25) is 0 Å². The molecule has 0 bridgehead atoms. The van der Waals surface area contributed by atoms with Gasteiger partial charge in [0.25, 0.3) is 10.0 Å². The number of nitrogens with zero attached hydrogens (tertiary/aromatic N) is 3. The average molecular weight is 368 g/mol. The van der Waals surface area contributed by atoms with Gasteiger partial charge in [-0.05, 0) is 17.7 Å². The van der Waals surface area contributed by atoms with Crippen molar-refractivity contribution in [2.45, 2.75) is 17.0 Å². The number of carbonyl (C=O) groups is 1. The quantitative estimate of drug-likeness (QED) is 0.837. The summed E-state index contributed by atoms with van der Waals surface area (Å²) in [7, 11) is -2.18. The van der Waals surface area contributed by atoms with E-state index in [2.05, 4.69) is 10.3 Å². The number of aromatic nitrogens is 2. The van der Waals surface area contributed by atoms with Gasteiger partial charge in [0.1, 0.15) is 5.82 Å². The van der Waals surface area contributed by atoms with E-state index in [0.29, 0.717) is 5.56 Å². The lowest BCUT2D eigenvalue weighted by Crippen LogP contribution is -2.39. The molecule has 2 heterocycles. The number of carboxylic acid groups (broad SMARTS) is 1. The number of hydrogen-bond donors (Lipinski definition) is 2. The van der Waals surface area contributed by atoms with Crippen molar-refractivity contribution in [3.63, 3.8) is 0 Å². The molecule has 134 valence electrons. The minimum atomic E-state index is -3.84. The number of hydrogen-bond acceptors (Lipinski definition) is 4. The first-order chi connectivity index (χ1) is 11.8. The summed E-state index contributed by atoms with van der Waals surface area (Å²) in [6.07, 6.45) is 1.53. The largest absolute Gasteiger partial charge is 0.465 e. The van der Waals surface area contributed by atoms with Crippen LogP contribution in [0.25, 0.3) is 0 Å². The molecule has 0 spiro atoms. The fourth-order valence-electron chi connectivity index (χ4n) is 2.97. The highest BCUT2D eigenvalue weighted by Crippen LogP contribution is 2.31. The molecule has 0 radical (unpaired) electrons. The number of aryl methyl sites for hydroxylation is 1. The monoisotopic (exact) mass is 368 g/mol. The molecule has 2 atom stereocenters. The van der Waals surface area contributed by atoms with Crippen LogP contribution in [-0.2, 0) is 17.1 Å². The Morgan fingerprint density at radius 3 is 2.56 bits per heavy atom. The summed E-state index contributed by atoms with van der Waals surface area (Å²) in [5, 5.41) is 11.3. The van der Waals surface area contributed by atoms with E-state index in [1.54, 1.807) is 7.05 Å². The minimum absolute atomic E-state index is 0.0206. The molecule has 8 nitrogen and oxygen atoms in total. The van der Waals surface area contributed by atoms with Gasteiger partial charge in [0, 0.05) is 32.3 Å². The third kappa shape index (κ3) is 3.49. The third-order valence-corrected chi connectivity index (χ3v) is 5.90. The Morgan fingerprint density at radius 1 is 1.32 bits per heavy atom. The molecule has 1 fully saturated rings. The number of benzene rings is 1. The highest BCUT2D eigenvalue weighted by Gasteiger charge is 2.41. The van der Waals surface area contributed by atoms with Crippen molar-refractivity contribution in [3.05, 3.63) is 48.2 Å². The fourth-order valence-corrected chi connectivity index (χ4v) is 4.43. The predicted octanol–water partition coefficient (Wildman–Crippen LogP) is 0.983. The SMILES string of the molecule is Cn1cnc(S(=O)(=O)N2C[C@H](NC(=O)O)[C@@H](c3ccc(F)cc3)C2)c1. The van der Waals surface area contributed by atoms with Crippen LogP contribution in [0, 0.1) is 5.82 Å². The normalized spacial score (nSPS) is 21.4. The van der Waals surface area contributed by atoms with Crippen molar-refractivity contribution in [1.29, 1.82) is 0 Å². The van der Waals surface area contributed by atoms with Crippen LogP contribution in [0.3, 0.4) is 0 Å². The van der Waals surface area contributed by atoms with Crippen LogP contribution in [-0.4, -0.2) is 52.6 Å². The average Bonchev–Trinajstić information content (AvgIpc) is 3.15. The zero-order chi connectivity index (χ0) is 18.2. The van der Waals surface area contributed by atoms with Crippen molar-refractivity contribution in [1.82, 2.24) is 19.2 Å². The Balaban J connectivity index is 1.91. The minimum Gasteiger partial charge on any atom is -0.465 e. The molecule has 3 rings (SSSR count). The lowest BCUT2D eigenvalue weighted by Gasteiger charge is -2.18. The lowest BCUT2D eigenvalue weighted by molar-refractivity contribution is 0.189. The maximum absolute atomic E-state index is 13.1. The highest BCUT2D eigenvalue weighted by atomic mass is 32.2. The van der Waals surface area contributed by atoms with Crippen molar-refractivity contribution < 1.29 is 22.7 Å². The van der Waals surface area contributed by atoms with Gasteiger partial charge in [-0.1, -0.05) is 12.1 Å². The van der Waals surface area contributed by atoms with Gasteiger partial charge in [-0.15, -0.1) is 0 Å². The van der Waals surface area contributed by atoms with Gasteiger partial charge in [-0.3, -0.25) is 0 Å². The topological polar surface area (TPSA) is 105 Å². The Labute approximate surface area is 144 Å². The second-order valence-electron chi connectivity index (χ2n) is 5.91. The first kappa shape index (κ1) is 17.4. The summed E-state index contributed by atoms with van der Waals surface area (Å²) in [6.45, 7) is 0.0583. The molecule has 2 N–H and O–H groups in total. The Bertz CT molecular complexity index is 881. The van der Waals surface area contributed by atoms with Crippen LogP contribution in [0.5, 0.6) is 0 Å². The summed E-state index contributed by atoms with van der Waals surface area (Å²) in [5.41, 5.74) is 0.666. The fraction of sp³-hybridized carbons (Fsp3) is 0.333. The maximum Gasteiger partial charge on any atom is 0.404 e. The van der Waals surface area contributed by atoms with E-state index in [1.165, 1.54) is 45.7 Å². The molecule has 1 aromatic heterocycles. The summed E-state index contributed by atoms with van der Waals surface area (Å²) < 4.78 is 41.3. The molecule has 1 aliphatic rings. The lowest BCUT2D eigenvalue weighted by atomic mass is 9.94. The molecule has 25 heavy (non-hydrogen) atoms. The van der Waals surface area contributed by atoms with Gasteiger partial charge < -0.3 is 15.0 Å². The molecular formula is C15H17FN4O4S. The standard InChI is InChI=1S/C15H17FN4O4S/c1-19-8-14(17-9-19)25(23,24)20-6-12(13(7-20)18-15(21)22)10-2-4-11(16)5-3-10/h2-5,8-9,12-13,18H,6-7H2,1H3,(H,21,22)/t12-,13+/m1/s1. The van der Waals surface area contributed by atoms with Gasteiger partial charge in [0.05, 0.1) is 12.4 Å². The molecule has 0 unspecified atom stereocenters. The molecule has 0 saturated carbocycles. The molecule has 2 aromatic rings. The highest BCUT2D eigenvalue weighted by molar-refractivity contribution is 7.89. The van der Waals surface area contributed by atoms with E-state index in [4.69, 9.17) is 5.11 Å². The third-order valence-electron chi connectivity index (χ3n) is 4.18. The van der Waals surface area contributed by atoms with Crippen molar-refractivity contribution in [3.8, 4) is 0 Å². The van der Waals surface area contributed by atoms with Gasteiger partial charge in [-0.25, -0.2) is 22.6 Å². The van der Waals surface area contributed by atoms with Crippen LogP contribution >= 0.6 is 0 Å². The number of halogens is 1. The predicted molar refractivity (Wildman–Crippen MR) is 86.1 cm³/mol. The number of amides is 1. The second-order valence-corrected chi connectivity index (χ2v) is 7.80. The Hall–Kier alpha value is -2.46. The van der Waals surface area contributed by atoms with Crippen LogP contribution < -0.4 is 5.32 Å². The molecule has 1 aromatic carbocycles. The van der Waals surface area contributed by atoms with Crippen molar-refractivity contribution in [2.75, 3.05) is 13.1 Å². The number of sulfonamides is 1. The van der Waals surface area contributed by atoms with Gasteiger partial charge in [-0.2, -0.15) is 4.31 Å². The first-order valence-electron chi connectivity index (χ1n) is 7.50. The second kappa shape index (κ2) is 6.45. The van der Waals surface area contributed by atoms with E-state index in [0.717, 1.165) is 0 Å². The molecule has 1 saturated heterocycles. The van der Waals surface area contributed by atoms with Crippen molar-refractivity contribution in [2.24, 2.45) is 7.05 Å². The van der Waals surface area contributed by atoms with Gasteiger partial charge >= 0.3 is 6.09 Å². The molecule has 1 aliphatic heterocycles. The Kier molecular flexibility index (Phi) is 4.48. The summed E-state index contributed by atoms with van der Waals surface area (Å²) in [4.78, 5) is 14.9. The maximum atomic E-state index is 13.1. The summed E-state index contributed by atoms with van der Waals surface area (Å²) in [6, 6.07) is 4.97. The van der Waals surface area contributed by atoms with E-state index >= 15 is 0 Å². The van der Waals surface area contributed by atoms with Crippen LogP contribution in [0.15, 0.2) is 41.8 Å². The molecule has 1 amide bonds. The van der Waals surface area contributed by atoms with E-state index in [9.17, 15) is 17.6 Å². The number of imidazole rings is 1. The van der Waals surface area contributed by atoms with Crippen LogP contribution in [0.4, 0.5) is 9.18 Å². The van der Waals surface area contributed by atoms with E-state index in [1.807, 2.05) is 0 Å².